The van der Waals surface area contributed by atoms with Gasteiger partial charge in [0.15, 0.2) is 0 Å². The predicted molar refractivity (Wildman–Crippen MR) is 74.8 cm³/mol. The van der Waals surface area contributed by atoms with Gasteiger partial charge in [0, 0.05) is 5.39 Å². The van der Waals surface area contributed by atoms with Gasteiger partial charge in [-0.25, -0.2) is 0 Å². The first-order valence-electron chi connectivity index (χ1n) is 6.02. The Kier molecular flexibility index (Phi) is 3.02. The molecule has 3 nitrogen and oxygen atoms in total. The lowest BCUT2D eigenvalue weighted by molar-refractivity contribution is 0.413. The smallest absolute Gasteiger partial charge is 0.146 e. The van der Waals surface area contributed by atoms with Crippen LogP contribution in [0.5, 0.6) is 17.2 Å². The molecule has 0 radical (unpaired) electrons. The van der Waals surface area contributed by atoms with Gasteiger partial charge in [-0.15, -0.1) is 0 Å². The zero-order valence-electron chi connectivity index (χ0n) is 10.5. The largest absolute Gasteiger partial charge is 0.497 e. The highest BCUT2D eigenvalue weighted by Crippen LogP contribution is 2.25. The van der Waals surface area contributed by atoms with Gasteiger partial charge in [-0.1, -0.05) is 18.2 Å². The van der Waals surface area contributed by atoms with Crippen molar-refractivity contribution < 1.29 is 9.47 Å². The maximum Gasteiger partial charge on any atom is 0.146 e. The molecule has 3 heteroatoms. The number of hydrogen-bond donors (Lipinski definition) is 0. The lowest BCUT2D eigenvalue weighted by Gasteiger charge is -2.07. The number of benzene rings is 2. The van der Waals surface area contributed by atoms with Gasteiger partial charge in [0.05, 0.1) is 18.8 Å². The molecule has 0 aliphatic carbocycles. The number of aromatic nitrogens is 1. The fourth-order valence-electron chi connectivity index (χ4n) is 1.89. The van der Waals surface area contributed by atoms with Crippen LogP contribution in [0.4, 0.5) is 0 Å². The molecule has 0 atom stereocenters. The van der Waals surface area contributed by atoms with Crippen molar-refractivity contribution >= 4 is 10.9 Å². The van der Waals surface area contributed by atoms with Crippen molar-refractivity contribution in [2.24, 2.45) is 0 Å². The monoisotopic (exact) mass is 251 g/mol. The van der Waals surface area contributed by atoms with Crippen LogP contribution in [0, 0.1) is 0 Å². The van der Waals surface area contributed by atoms with Crippen molar-refractivity contribution in [3.63, 3.8) is 0 Å². The third-order valence-electron chi connectivity index (χ3n) is 2.86. The molecule has 0 aliphatic rings. The summed E-state index contributed by atoms with van der Waals surface area (Å²) in [6.07, 6.45) is 1.73. The number of hydrogen-bond acceptors (Lipinski definition) is 3. The van der Waals surface area contributed by atoms with Crippen molar-refractivity contribution in [2.75, 3.05) is 7.11 Å². The molecular weight excluding hydrogens is 238 g/mol. The van der Waals surface area contributed by atoms with Crippen LogP contribution in [0.2, 0.25) is 0 Å². The first-order chi connectivity index (χ1) is 9.35. The standard InChI is InChI=1S/C16H13NO2/c1-18-13-6-8-14(9-7-13)19-15-10-12-4-2-3-5-16(12)17-11-15/h2-11H,1H3. The Morgan fingerprint density at radius 3 is 2.37 bits per heavy atom. The molecular formula is C16H13NO2. The van der Waals surface area contributed by atoms with E-state index in [1.165, 1.54) is 0 Å². The van der Waals surface area contributed by atoms with Crippen LogP contribution in [-0.2, 0) is 0 Å². The van der Waals surface area contributed by atoms with Gasteiger partial charge < -0.3 is 9.47 Å². The summed E-state index contributed by atoms with van der Waals surface area (Å²) in [7, 11) is 1.64. The van der Waals surface area contributed by atoms with Crippen molar-refractivity contribution in [2.45, 2.75) is 0 Å². The van der Waals surface area contributed by atoms with Crippen molar-refractivity contribution in [1.82, 2.24) is 4.98 Å². The van der Waals surface area contributed by atoms with E-state index in [0.29, 0.717) is 0 Å². The summed E-state index contributed by atoms with van der Waals surface area (Å²) in [5, 5.41) is 1.06. The molecule has 1 heterocycles. The number of pyridine rings is 1. The van der Waals surface area contributed by atoms with Gasteiger partial charge in [-0.05, 0) is 36.4 Å². The van der Waals surface area contributed by atoms with E-state index >= 15 is 0 Å². The first-order valence-corrected chi connectivity index (χ1v) is 6.02. The van der Waals surface area contributed by atoms with Crippen LogP contribution in [-0.4, -0.2) is 12.1 Å². The fourth-order valence-corrected chi connectivity index (χ4v) is 1.89. The molecule has 3 rings (SSSR count). The highest BCUT2D eigenvalue weighted by Gasteiger charge is 2.00. The summed E-state index contributed by atoms with van der Waals surface area (Å²) in [6.45, 7) is 0. The molecule has 0 aliphatic heterocycles. The summed E-state index contributed by atoms with van der Waals surface area (Å²) < 4.78 is 10.9. The lowest BCUT2D eigenvalue weighted by atomic mass is 10.2. The predicted octanol–water partition coefficient (Wildman–Crippen LogP) is 4.04. The average molecular weight is 251 g/mol. The molecule has 0 N–H and O–H groups in total. The van der Waals surface area contributed by atoms with Crippen LogP contribution >= 0.6 is 0 Å². The molecule has 19 heavy (non-hydrogen) atoms. The number of nitrogens with zero attached hydrogens (tertiary/aromatic N) is 1. The summed E-state index contributed by atoms with van der Waals surface area (Å²) in [5.74, 6) is 2.30. The highest BCUT2D eigenvalue weighted by molar-refractivity contribution is 5.79. The van der Waals surface area contributed by atoms with E-state index in [4.69, 9.17) is 9.47 Å². The summed E-state index contributed by atoms with van der Waals surface area (Å²) in [6, 6.07) is 17.4. The molecule has 1 aromatic heterocycles. The van der Waals surface area contributed by atoms with E-state index in [1.807, 2.05) is 54.6 Å². The van der Waals surface area contributed by atoms with Crippen molar-refractivity contribution in [3.05, 3.63) is 60.8 Å². The van der Waals surface area contributed by atoms with Crippen LogP contribution in [0.25, 0.3) is 10.9 Å². The second-order valence-electron chi connectivity index (χ2n) is 4.14. The second-order valence-corrected chi connectivity index (χ2v) is 4.14. The van der Waals surface area contributed by atoms with Crippen molar-refractivity contribution in [1.29, 1.82) is 0 Å². The molecule has 0 saturated carbocycles. The third kappa shape index (κ3) is 2.50. The van der Waals surface area contributed by atoms with Crippen LogP contribution in [0.1, 0.15) is 0 Å². The molecule has 0 saturated heterocycles. The van der Waals surface area contributed by atoms with Crippen molar-refractivity contribution in [3.8, 4) is 17.2 Å². The summed E-state index contributed by atoms with van der Waals surface area (Å²) in [4.78, 5) is 4.36. The SMILES string of the molecule is COc1ccc(Oc2cnc3ccccc3c2)cc1. The molecule has 94 valence electrons. The quantitative estimate of drug-likeness (QED) is 0.704. The summed E-state index contributed by atoms with van der Waals surface area (Å²) >= 11 is 0. The van der Waals surface area contributed by atoms with Crippen LogP contribution in [0.3, 0.4) is 0 Å². The number of para-hydroxylation sites is 1. The van der Waals surface area contributed by atoms with E-state index in [1.54, 1.807) is 13.3 Å². The number of ether oxygens (including phenoxy) is 2. The molecule has 2 aromatic carbocycles. The van der Waals surface area contributed by atoms with Gasteiger partial charge >= 0.3 is 0 Å². The van der Waals surface area contributed by atoms with Gasteiger partial charge in [0.25, 0.3) is 0 Å². The number of rotatable bonds is 3. The first kappa shape index (κ1) is 11.5. The van der Waals surface area contributed by atoms with E-state index in [0.717, 1.165) is 28.2 Å². The summed E-state index contributed by atoms with van der Waals surface area (Å²) in [5.41, 5.74) is 0.963. The van der Waals surface area contributed by atoms with Gasteiger partial charge in [-0.3, -0.25) is 4.98 Å². The topological polar surface area (TPSA) is 31.4 Å². The Bertz CT molecular complexity index is 692. The molecule has 0 spiro atoms. The van der Waals surface area contributed by atoms with Gasteiger partial charge in [0.1, 0.15) is 17.2 Å². The van der Waals surface area contributed by atoms with E-state index in [-0.39, 0.29) is 0 Å². The normalized spacial score (nSPS) is 10.4. The maximum absolute atomic E-state index is 5.77. The highest BCUT2D eigenvalue weighted by atomic mass is 16.5. The Hall–Kier alpha value is -2.55. The number of methoxy groups -OCH3 is 1. The molecule has 3 aromatic rings. The zero-order valence-corrected chi connectivity index (χ0v) is 10.5. The minimum atomic E-state index is 0.726. The van der Waals surface area contributed by atoms with E-state index in [9.17, 15) is 0 Å². The Balaban J connectivity index is 1.87. The molecule has 0 fully saturated rings. The fraction of sp³-hybridized carbons (Fsp3) is 0.0625. The lowest BCUT2D eigenvalue weighted by Crippen LogP contribution is -1.87. The second kappa shape index (κ2) is 4.98. The van der Waals surface area contributed by atoms with Gasteiger partial charge in [-0.2, -0.15) is 0 Å². The molecule has 0 amide bonds. The van der Waals surface area contributed by atoms with E-state index in [2.05, 4.69) is 4.98 Å². The minimum absolute atomic E-state index is 0.726. The number of fused-ring (bicyclic) bond motifs is 1. The Morgan fingerprint density at radius 1 is 0.842 bits per heavy atom. The zero-order chi connectivity index (χ0) is 13.1. The third-order valence-corrected chi connectivity index (χ3v) is 2.86. The minimum Gasteiger partial charge on any atom is -0.497 e. The maximum atomic E-state index is 5.77. The van der Waals surface area contributed by atoms with Crippen LogP contribution < -0.4 is 9.47 Å². The Labute approximate surface area is 111 Å². The molecule has 0 bridgehead atoms. The Morgan fingerprint density at radius 2 is 1.58 bits per heavy atom. The molecule has 0 unspecified atom stereocenters. The van der Waals surface area contributed by atoms with E-state index < -0.39 is 0 Å². The average Bonchev–Trinajstić information content (AvgIpc) is 2.48. The van der Waals surface area contributed by atoms with Crippen LogP contribution in [0.15, 0.2) is 60.8 Å². The van der Waals surface area contributed by atoms with Gasteiger partial charge in [0.2, 0.25) is 0 Å².